The van der Waals surface area contributed by atoms with Gasteiger partial charge in [0, 0.05) is 30.4 Å². The van der Waals surface area contributed by atoms with E-state index in [-0.39, 0.29) is 4.87 Å². The summed E-state index contributed by atoms with van der Waals surface area (Å²) >= 11 is 1.18. The minimum atomic E-state index is -0.00960. The van der Waals surface area contributed by atoms with E-state index in [4.69, 9.17) is 0 Å². The van der Waals surface area contributed by atoms with Gasteiger partial charge in [-0.2, -0.15) is 0 Å². The predicted molar refractivity (Wildman–Crippen MR) is 59.7 cm³/mol. The van der Waals surface area contributed by atoms with Gasteiger partial charge < -0.3 is 10.3 Å². The fraction of sp³-hybridized carbons (Fsp3) is 0.200. The first-order valence-corrected chi connectivity index (χ1v) is 5.50. The third kappa shape index (κ3) is 3.00. The zero-order chi connectivity index (χ0) is 10.5. The number of aromatic amines is 1. The summed E-state index contributed by atoms with van der Waals surface area (Å²) in [6.07, 6.45) is 1.77. The number of thiazole rings is 1. The SMILES string of the molecule is O=c1[nH]c(CNCc2ccccn2)cs1. The van der Waals surface area contributed by atoms with E-state index >= 15 is 0 Å². The lowest BCUT2D eigenvalue weighted by Crippen LogP contribution is -2.14. The molecule has 78 valence electrons. The van der Waals surface area contributed by atoms with Gasteiger partial charge in [0.1, 0.15) is 0 Å². The van der Waals surface area contributed by atoms with E-state index in [2.05, 4.69) is 15.3 Å². The average molecular weight is 221 g/mol. The number of pyridine rings is 1. The molecule has 0 aliphatic heterocycles. The molecule has 2 rings (SSSR count). The van der Waals surface area contributed by atoms with Crippen molar-refractivity contribution in [3.63, 3.8) is 0 Å². The smallest absolute Gasteiger partial charge is 0.304 e. The second-order valence-corrected chi connectivity index (χ2v) is 3.94. The van der Waals surface area contributed by atoms with E-state index in [1.807, 2.05) is 23.6 Å². The van der Waals surface area contributed by atoms with Crippen LogP contribution < -0.4 is 10.2 Å². The molecule has 0 aromatic carbocycles. The third-order valence-corrected chi connectivity index (χ3v) is 2.64. The first-order chi connectivity index (χ1) is 7.34. The monoisotopic (exact) mass is 221 g/mol. The lowest BCUT2D eigenvalue weighted by Gasteiger charge is -2.01. The fourth-order valence-electron chi connectivity index (χ4n) is 1.23. The predicted octanol–water partition coefficient (Wildman–Crippen LogP) is 1.12. The molecule has 0 bridgehead atoms. The summed E-state index contributed by atoms with van der Waals surface area (Å²) in [6.45, 7) is 1.37. The number of H-pyrrole nitrogens is 1. The fourth-order valence-corrected chi connectivity index (χ4v) is 1.81. The van der Waals surface area contributed by atoms with Gasteiger partial charge in [-0.3, -0.25) is 9.78 Å². The molecule has 2 aromatic rings. The topological polar surface area (TPSA) is 57.8 Å². The van der Waals surface area contributed by atoms with E-state index in [9.17, 15) is 4.79 Å². The molecule has 0 saturated carbocycles. The van der Waals surface area contributed by atoms with Crippen molar-refractivity contribution in [1.82, 2.24) is 15.3 Å². The van der Waals surface area contributed by atoms with E-state index in [0.717, 1.165) is 11.4 Å². The zero-order valence-corrected chi connectivity index (χ0v) is 8.88. The number of aromatic nitrogens is 2. The number of nitrogens with zero attached hydrogens (tertiary/aromatic N) is 1. The highest BCUT2D eigenvalue weighted by atomic mass is 32.1. The molecule has 15 heavy (non-hydrogen) atoms. The first kappa shape index (κ1) is 10.1. The molecule has 0 aliphatic rings. The van der Waals surface area contributed by atoms with Gasteiger partial charge in [0.2, 0.25) is 0 Å². The number of hydrogen-bond donors (Lipinski definition) is 2. The molecule has 0 aliphatic carbocycles. The average Bonchev–Trinajstić information content (AvgIpc) is 2.66. The summed E-state index contributed by atoms with van der Waals surface area (Å²) in [7, 11) is 0. The maximum absolute atomic E-state index is 10.8. The van der Waals surface area contributed by atoms with E-state index in [1.54, 1.807) is 6.20 Å². The molecule has 0 fully saturated rings. The molecule has 0 saturated heterocycles. The van der Waals surface area contributed by atoms with Crippen LogP contribution in [0.2, 0.25) is 0 Å². The molecule has 2 N–H and O–H groups in total. The summed E-state index contributed by atoms with van der Waals surface area (Å²) in [4.78, 5) is 17.8. The lowest BCUT2D eigenvalue weighted by molar-refractivity contribution is 0.669. The summed E-state index contributed by atoms with van der Waals surface area (Å²) in [5.41, 5.74) is 1.91. The van der Waals surface area contributed by atoms with Crippen LogP contribution in [0.1, 0.15) is 11.4 Å². The van der Waals surface area contributed by atoms with Gasteiger partial charge in [-0.05, 0) is 12.1 Å². The van der Waals surface area contributed by atoms with Gasteiger partial charge >= 0.3 is 4.87 Å². The van der Waals surface area contributed by atoms with Crippen molar-refractivity contribution in [3.05, 3.63) is 50.8 Å². The minimum absolute atomic E-state index is 0.00960. The van der Waals surface area contributed by atoms with Crippen molar-refractivity contribution in [2.75, 3.05) is 0 Å². The Labute approximate surface area is 91.0 Å². The van der Waals surface area contributed by atoms with Crippen molar-refractivity contribution < 1.29 is 0 Å². The Balaban J connectivity index is 1.83. The van der Waals surface area contributed by atoms with Crippen LogP contribution in [0, 0.1) is 0 Å². The number of hydrogen-bond acceptors (Lipinski definition) is 4. The van der Waals surface area contributed by atoms with Crippen LogP contribution in [0.5, 0.6) is 0 Å². The molecular formula is C10H11N3OS. The Hall–Kier alpha value is -1.46. The Bertz CT molecular complexity index is 463. The standard InChI is InChI=1S/C10H11N3OS/c14-10-13-9(7-15-10)6-11-5-8-3-1-2-4-12-8/h1-4,7,11H,5-6H2,(H,13,14). The minimum Gasteiger partial charge on any atom is -0.315 e. The zero-order valence-electron chi connectivity index (χ0n) is 8.06. The van der Waals surface area contributed by atoms with Gasteiger partial charge in [0.15, 0.2) is 0 Å². The molecule has 0 spiro atoms. The summed E-state index contributed by atoms with van der Waals surface area (Å²) in [5.74, 6) is 0. The summed E-state index contributed by atoms with van der Waals surface area (Å²) < 4.78 is 0. The quantitative estimate of drug-likeness (QED) is 0.813. The van der Waals surface area contributed by atoms with Gasteiger partial charge in [-0.1, -0.05) is 17.4 Å². The van der Waals surface area contributed by atoms with Gasteiger partial charge in [0.05, 0.1) is 5.69 Å². The molecule has 2 aromatic heterocycles. The molecule has 2 heterocycles. The Kier molecular flexibility index (Phi) is 3.26. The van der Waals surface area contributed by atoms with Crippen molar-refractivity contribution >= 4 is 11.3 Å². The third-order valence-electron chi connectivity index (χ3n) is 1.92. The molecular weight excluding hydrogens is 210 g/mol. The van der Waals surface area contributed by atoms with Crippen molar-refractivity contribution in [3.8, 4) is 0 Å². The van der Waals surface area contributed by atoms with E-state index in [0.29, 0.717) is 13.1 Å². The summed E-state index contributed by atoms with van der Waals surface area (Å²) in [5, 5.41) is 5.03. The Morgan fingerprint density at radius 3 is 3.00 bits per heavy atom. The highest BCUT2D eigenvalue weighted by Crippen LogP contribution is 1.96. The second kappa shape index (κ2) is 4.86. The molecule has 0 atom stereocenters. The first-order valence-electron chi connectivity index (χ1n) is 4.62. The van der Waals surface area contributed by atoms with Crippen LogP contribution in [0.15, 0.2) is 34.6 Å². The molecule has 5 heteroatoms. The molecule has 0 amide bonds. The van der Waals surface area contributed by atoms with Crippen LogP contribution in [0.25, 0.3) is 0 Å². The molecule has 0 radical (unpaired) electrons. The molecule has 4 nitrogen and oxygen atoms in total. The maximum atomic E-state index is 10.8. The molecule has 0 unspecified atom stereocenters. The van der Waals surface area contributed by atoms with E-state index in [1.165, 1.54) is 11.3 Å². The Morgan fingerprint density at radius 1 is 1.40 bits per heavy atom. The number of nitrogens with one attached hydrogen (secondary N) is 2. The summed E-state index contributed by atoms with van der Waals surface area (Å²) in [6, 6.07) is 5.81. The maximum Gasteiger partial charge on any atom is 0.304 e. The van der Waals surface area contributed by atoms with Crippen molar-refractivity contribution in [2.24, 2.45) is 0 Å². The van der Waals surface area contributed by atoms with Crippen LogP contribution in [0.4, 0.5) is 0 Å². The lowest BCUT2D eigenvalue weighted by atomic mass is 10.3. The van der Waals surface area contributed by atoms with Gasteiger partial charge in [-0.15, -0.1) is 0 Å². The van der Waals surface area contributed by atoms with Crippen LogP contribution in [-0.4, -0.2) is 9.97 Å². The van der Waals surface area contributed by atoms with Crippen LogP contribution in [-0.2, 0) is 13.1 Å². The van der Waals surface area contributed by atoms with Gasteiger partial charge in [-0.25, -0.2) is 0 Å². The second-order valence-electron chi connectivity index (χ2n) is 3.10. The highest BCUT2D eigenvalue weighted by molar-refractivity contribution is 7.07. The number of rotatable bonds is 4. The van der Waals surface area contributed by atoms with Crippen molar-refractivity contribution in [1.29, 1.82) is 0 Å². The Morgan fingerprint density at radius 2 is 2.33 bits per heavy atom. The van der Waals surface area contributed by atoms with Crippen LogP contribution >= 0.6 is 11.3 Å². The van der Waals surface area contributed by atoms with Gasteiger partial charge in [0.25, 0.3) is 0 Å². The van der Waals surface area contributed by atoms with Crippen LogP contribution in [0.3, 0.4) is 0 Å². The van der Waals surface area contributed by atoms with E-state index < -0.39 is 0 Å². The largest absolute Gasteiger partial charge is 0.315 e. The van der Waals surface area contributed by atoms with Crippen molar-refractivity contribution in [2.45, 2.75) is 13.1 Å². The normalized spacial score (nSPS) is 10.4. The highest BCUT2D eigenvalue weighted by Gasteiger charge is 1.96.